The normalized spacial score (nSPS) is 27.6. The van der Waals surface area contributed by atoms with Crippen molar-refractivity contribution in [1.29, 1.82) is 0 Å². The number of rotatable bonds is 5. The van der Waals surface area contributed by atoms with Crippen molar-refractivity contribution in [2.45, 2.75) is 57.6 Å². The first-order valence-corrected chi connectivity index (χ1v) is 7.77. The zero-order valence-corrected chi connectivity index (χ0v) is 13.3. The molecule has 3 atom stereocenters. The summed E-state index contributed by atoms with van der Waals surface area (Å²) in [6, 6.07) is 4.92. The Morgan fingerprint density at radius 2 is 2.29 bits per heavy atom. The van der Waals surface area contributed by atoms with E-state index in [2.05, 4.69) is 12.3 Å². The minimum absolute atomic E-state index is 0.00856. The molecule has 1 saturated carbocycles. The number of benzene rings is 1. The maximum absolute atomic E-state index is 13.5. The fraction of sp³-hybridized carbons (Fsp3) is 0.647. The number of methoxy groups -OCH3 is 1. The van der Waals surface area contributed by atoms with Gasteiger partial charge in [-0.2, -0.15) is 0 Å². The van der Waals surface area contributed by atoms with E-state index in [9.17, 15) is 4.39 Å². The first-order valence-electron chi connectivity index (χ1n) is 7.77. The molecule has 0 spiro atoms. The summed E-state index contributed by atoms with van der Waals surface area (Å²) in [7, 11) is 1.76. The lowest BCUT2D eigenvalue weighted by Crippen LogP contribution is -2.57. The summed E-state index contributed by atoms with van der Waals surface area (Å²) < 4.78 is 19.4. The van der Waals surface area contributed by atoms with Crippen LogP contribution in [0.15, 0.2) is 18.2 Å². The molecule has 1 aliphatic rings. The van der Waals surface area contributed by atoms with Crippen molar-refractivity contribution in [3.63, 3.8) is 0 Å². The van der Waals surface area contributed by atoms with Crippen molar-refractivity contribution < 1.29 is 9.13 Å². The SMILES string of the molecule is COC1(C(Cc2cc(F)ccc2C)NN)CCCC(C)C1. The van der Waals surface area contributed by atoms with Gasteiger partial charge in [0, 0.05) is 7.11 Å². The third kappa shape index (κ3) is 3.62. The first kappa shape index (κ1) is 16.4. The van der Waals surface area contributed by atoms with Crippen LogP contribution in [0.5, 0.6) is 0 Å². The molecule has 3 N–H and O–H groups in total. The summed E-state index contributed by atoms with van der Waals surface area (Å²) in [5, 5.41) is 0. The molecule has 1 aliphatic carbocycles. The molecule has 0 amide bonds. The van der Waals surface area contributed by atoms with Gasteiger partial charge in [-0.25, -0.2) is 4.39 Å². The summed E-state index contributed by atoms with van der Waals surface area (Å²) in [5.74, 6) is 6.25. The number of hydrogen-bond donors (Lipinski definition) is 2. The van der Waals surface area contributed by atoms with E-state index in [0.717, 1.165) is 30.4 Å². The van der Waals surface area contributed by atoms with E-state index in [0.29, 0.717) is 12.3 Å². The third-order valence-corrected chi connectivity index (χ3v) is 4.97. The predicted octanol–water partition coefficient (Wildman–Crippen LogP) is 3.10. The van der Waals surface area contributed by atoms with Gasteiger partial charge in [-0.1, -0.05) is 25.8 Å². The Morgan fingerprint density at radius 3 is 2.90 bits per heavy atom. The van der Waals surface area contributed by atoms with Crippen LogP contribution in [0.1, 0.15) is 43.7 Å². The van der Waals surface area contributed by atoms with Crippen LogP contribution in [0.4, 0.5) is 4.39 Å². The molecule has 1 aromatic rings. The van der Waals surface area contributed by atoms with Crippen LogP contribution < -0.4 is 11.3 Å². The van der Waals surface area contributed by atoms with Crippen LogP contribution in [-0.2, 0) is 11.2 Å². The second-order valence-electron chi connectivity index (χ2n) is 6.46. The number of nitrogens with one attached hydrogen (secondary N) is 1. The van der Waals surface area contributed by atoms with Gasteiger partial charge < -0.3 is 4.74 Å². The number of hydrazine groups is 1. The minimum Gasteiger partial charge on any atom is -0.377 e. The minimum atomic E-state index is -0.259. The molecule has 1 aromatic carbocycles. The fourth-order valence-corrected chi connectivity index (χ4v) is 3.66. The quantitative estimate of drug-likeness (QED) is 0.648. The largest absolute Gasteiger partial charge is 0.377 e. The number of halogens is 1. The zero-order chi connectivity index (χ0) is 15.5. The van der Waals surface area contributed by atoms with E-state index >= 15 is 0 Å². The third-order valence-electron chi connectivity index (χ3n) is 4.97. The molecule has 4 heteroatoms. The van der Waals surface area contributed by atoms with Crippen LogP contribution in [-0.4, -0.2) is 18.8 Å². The Balaban J connectivity index is 2.23. The molecular weight excluding hydrogens is 267 g/mol. The summed E-state index contributed by atoms with van der Waals surface area (Å²) in [4.78, 5) is 0. The van der Waals surface area contributed by atoms with Gasteiger partial charge in [0.15, 0.2) is 0 Å². The standard InChI is InChI=1S/C17H27FN2O/c1-12-5-4-8-17(11-12,21-3)16(20-19)10-14-9-15(18)7-6-13(14)2/h6-7,9,12,16,20H,4-5,8,10-11,19H2,1-3H3. The first-order chi connectivity index (χ1) is 10.0. The van der Waals surface area contributed by atoms with Gasteiger partial charge >= 0.3 is 0 Å². The highest BCUT2D eigenvalue weighted by molar-refractivity contribution is 5.28. The molecule has 0 aromatic heterocycles. The maximum atomic E-state index is 13.5. The van der Waals surface area contributed by atoms with Crippen LogP contribution in [0, 0.1) is 18.7 Å². The molecule has 0 saturated heterocycles. The van der Waals surface area contributed by atoms with Crippen LogP contribution >= 0.6 is 0 Å². The summed E-state index contributed by atoms with van der Waals surface area (Å²) in [5.41, 5.74) is 4.76. The van der Waals surface area contributed by atoms with E-state index in [4.69, 9.17) is 10.6 Å². The lowest BCUT2D eigenvalue weighted by molar-refractivity contribution is -0.0791. The van der Waals surface area contributed by atoms with Crippen molar-refractivity contribution in [3.8, 4) is 0 Å². The Bertz CT molecular complexity index is 480. The summed E-state index contributed by atoms with van der Waals surface area (Å²) in [6.07, 6.45) is 5.06. The van der Waals surface area contributed by atoms with Crippen molar-refractivity contribution >= 4 is 0 Å². The molecule has 2 rings (SSSR count). The number of aryl methyl sites for hydroxylation is 1. The monoisotopic (exact) mass is 294 g/mol. The van der Waals surface area contributed by atoms with Crippen molar-refractivity contribution in [1.82, 2.24) is 5.43 Å². The molecule has 1 fully saturated rings. The number of ether oxygens (including phenoxy) is 1. The van der Waals surface area contributed by atoms with Gasteiger partial charge in [0.2, 0.25) is 0 Å². The molecule has 3 unspecified atom stereocenters. The van der Waals surface area contributed by atoms with E-state index in [1.165, 1.54) is 12.5 Å². The van der Waals surface area contributed by atoms with E-state index in [1.54, 1.807) is 13.2 Å². The van der Waals surface area contributed by atoms with Gasteiger partial charge in [-0.15, -0.1) is 0 Å². The summed E-state index contributed by atoms with van der Waals surface area (Å²) >= 11 is 0. The van der Waals surface area contributed by atoms with Gasteiger partial charge in [-0.3, -0.25) is 11.3 Å². The van der Waals surface area contributed by atoms with Crippen LogP contribution in [0.3, 0.4) is 0 Å². The molecule has 0 heterocycles. The summed E-state index contributed by atoms with van der Waals surface area (Å²) in [6.45, 7) is 4.26. The second kappa shape index (κ2) is 6.86. The average molecular weight is 294 g/mol. The Hall–Kier alpha value is -0.970. The fourth-order valence-electron chi connectivity index (χ4n) is 3.66. The predicted molar refractivity (Wildman–Crippen MR) is 83.3 cm³/mol. The van der Waals surface area contributed by atoms with Crippen LogP contribution in [0.25, 0.3) is 0 Å². The lowest BCUT2D eigenvalue weighted by Gasteiger charge is -2.44. The van der Waals surface area contributed by atoms with Crippen molar-refractivity contribution in [2.24, 2.45) is 11.8 Å². The Kier molecular flexibility index (Phi) is 5.36. The molecule has 118 valence electrons. The topological polar surface area (TPSA) is 47.3 Å². The average Bonchev–Trinajstić information content (AvgIpc) is 2.48. The van der Waals surface area contributed by atoms with Gasteiger partial charge in [0.05, 0.1) is 11.6 Å². The van der Waals surface area contributed by atoms with E-state index < -0.39 is 0 Å². The molecular formula is C17H27FN2O. The smallest absolute Gasteiger partial charge is 0.123 e. The Labute approximate surface area is 127 Å². The highest BCUT2D eigenvalue weighted by Gasteiger charge is 2.41. The van der Waals surface area contributed by atoms with Gasteiger partial charge in [-0.05, 0) is 55.4 Å². The molecule has 21 heavy (non-hydrogen) atoms. The molecule has 0 radical (unpaired) electrons. The van der Waals surface area contributed by atoms with Crippen LogP contribution in [0.2, 0.25) is 0 Å². The molecule has 3 nitrogen and oxygen atoms in total. The van der Waals surface area contributed by atoms with Crippen molar-refractivity contribution in [2.75, 3.05) is 7.11 Å². The Morgan fingerprint density at radius 1 is 1.52 bits per heavy atom. The van der Waals surface area contributed by atoms with Gasteiger partial charge in [0.1, 0.15) is 5.82 Å². The van der Waals surface area contributed by atoms with E-state index in [1.807, 2.05) is 13.0 Å². The molecule has 0 bridgehead atoms. The maximum Gasteiger partial charge on any atom is 0.123 e. The highest BCUT2D eigenvalue weighted by Crippen LogP contribution is 2.38. The number of nitrogens with two attached hydrogens (primary N) is 1. The lowest BCUT2D eigenvalue weighted by atomic mass is 9.73. The van der Waals surface area contributed by atoms with E-state index in [-0.39, 0.29) is 17.5 Å². The van der Waals surface area contributed by atoms with Gasteiger partial charge in [0.25, 0.3) is 0 Å². The number of hydrogen-bond acceptors (Lipinski definition) is 3. The van der Waals surface area contributed by atoms with Crippen molar-refractivity contribution in [3.05, 3.63) is 35.1 Å². The molecule has 0 aliphatic heterocycles. The highest BCUT2D eigenvalue weighted by atomic mass is 19.1. The second-order valence-corrected chi connectivity index (χ2v) is 6.46. The zero-order valence-electron chi connectivity index (χ0n) is 13.3.